The molecule has 1 N–H and O–H groups in total. The third kappa shape index (κ3) is 2.33. The molecule has 1 atom stereocenters. The molecule has 0 aliphatic carbocycles. The predicted octanol–water partition coefficient (Wildman–Crippen LogP) is 0.643. The summed E-state index contributed by atoms with van der Waals surface area (Å²) in [5.74, 6) is 0.945. The molecule has 1 unspecified atom stereocenters. The van der Waals surface area contributed by atoms with Gasteiger partial charge in [0, 0.05) is 25.7 Å². The van der Waals surface area contributed by atoms with Gasteiger partial charge in [0.05, 0.1) is 12.3 Å². The second-order valence-electron chi connectivity index (χ2n) is 5.17. The van der Waals surface area contributed by atoms with Gasteiger partial charge < -0.3 is 10.0 Å². The minimum atomic E-state index is -0.0380. The second kappa shape index (κ2) is 5.20. The van der Waals surface area contributed by atoms with E-state index in [0.29, 0.717) is 11.7 Å². The van der Waals surface area contributed by atoms with E-state index in [9.17, 15) is 0 Å². The number of hydrogen-bond acceptors (Lipinski definition) is 5. The smallest absolute Gasteiger partial charge is 0.151 e. The lowest BCUT2D eigenvalue weighted by atomic mass is 10.2. The van der Waals surface area contributed by atoms with E-state index < -0.39 is 0 Å². The largest absolute Gasteiger partial charge is 0.390 e. The molecule has 5 heteroatoms. The third-order valence-electron chi connectivity index (χ3n) is 4.00. The Hall–Kier alpha value is -1.20. The molecule has 2 aliphatic heterocycles. The third-order valence-corrected chi connectivity index (χ3v) is 4.00. The summed E-state index contributed by atoms with van der Waals surface area (Å²) >= 11 is 0. The van der Waals surface area contributed by atoms with Gasteiger partial charge in [-0.1, -0.05) is 0 Å². The van der Waals surface area contributed by atoms with Crippen molar-refractivity contribution in [2.45, 2.75) is 31.9 Å². The molecule has 5 nitrogen and oxygen atoms in total. The van der Waals surface area contributed by atoms with Crippen molar-refractivity contribution in [2.24, 2.45) is 0 Å². The molecular formula is C13H20N4O. The SMILES string of the molecule is OCc1ccc(N2CCCN3CCCC3C2)nn1. The van der Waals surface area contributed by atoms with Gasteiger partial charge in [-0.3, -0.25) is 4.90 Å². The average molecular weight is 248 g/mol. The molecular weight excluding hydrogens is 228 g/mol. The summed E-state index contributed by atoms with van der Waals surface area (Å²) in [7, 11) is 0. The lowest BCUT2D eigenvalue weighted by Crippen LogP contribution is -2.37. The monoisotopic (exact) mass is 248 g/mol. The molecule has 0 spiro atoms. The Balaban J connectivity index is 1.74. The fourth-order valence-corrected chi connectivity index (χ4v) is 3.02. The van der Waals surface area contributed by atoms with Gasteiger partial charge in [0.1, 0.15) is 0 Å². The maximum atomic E-state index is 8.98. The van der Waals surface area contributed by atoms with Crippen molar-refractivity contribution in [3.8, 4) is 0 Å². The van der Waals surface area contributed by atoms with Crippen LogP contribution in [0.5, 0.6) is 0 Å². The first-order valence-corrected chi connectivity index (χ1v) is 6.79. The van der Waals surface area contributed by atoms with E-state index in [4.69, 9.17) is 5.11 Å². The molecule has 0 aromatic carbocycles. The first-order valence-electron chi connectivity index (χ1n) is 6.79. The highest BCUT2D eigenvalue weighted by atomic mass is 16.3. The van der Waals surface area contributed by atoms with Crippen LogP contribution in [0.3, 0.4) is 0 Å². The fraction of sp³-hybridized carbons (Fsp3) is 0.692. The van der Waals surface area contributed by atoms with E-state index >= 15 is 0 Å². The average Bonchev–Trinajstić information content (AvgIpc) is 2.76. The Kier molecular flexibility index (Phi) is 3.43. The van der Waals surface area contributed by atoms with Crippen molar-refractivity contribution >= 4 is 5.82 Å². The number of aliphatic hydroxyl groups is 1. The minimum absolute atomic E-state index is 0.0380. The number of nitrogens with zero attached hydrogens (tertiary/aromatic N) is 4. The topological polar surface area (TPSA) is 52.5 Å². The summed E-state index contributed by atoms with van der Waals surface area (Å²) < 4.78 is 0. The van der Waals surface area contributed by atoms with Gasteiger partial charge in [0.2, 0.25) is 0 Å². The Labute approximate surface area is 107 Å². The molecule has 0 saturated carbocycles. The summed E-state index contributed by atoms with van der Waals surface area (Å²) in [5.41, 5.74) is 0.635. The maximum Gasteiger partial charge on any atom is 0.151 e. The number of hydrogen-bond donors (Lipinski definition) is 1. The minimum Gasteiger partial charge on any atom is -0.390 e. The summed E-state index contributed by atoms with van der Waals surface area (Å²) in [6.07, 6.45) is 3.83. The van der Waals surface area contributed by atoms with Crippen molar-refractivity contribution < 1.29 is 5.11 Å². The maximum absolute atomic E-state index is 8.98. The lowest BCUT2D eigenvalue weighted by molar-refractivity contribution is 0.272. The molecule has 2 aliphatic rings. The van der Waals surface area contributed by atoms with Crippen LogP contribution in [0.2, 0.25) is 0 Å². The van der Waals surface area contributed by atoms with Gasteiger partial charge in [-0.2, -0.15) is 5.10 Å². The van der Waals surface area contributed by atoms with Gasteiger partial charge in [0.15, 0.2) is 5.82 Å². The molecule has 1 aromatic rings. The van der Waals surface area contributed by atoms with E-state index in [2.05, 4.69) is 20.0 Å². The normalized spacial score (nSPS) is 24.9. The highest BCUT2D eigenvalue weighted by molar-refractivity contribution is 5.38. The van der Waals surface area contributed by atoms with E-state index in [0.717, 1.165) is 18.9 Å². The second-order valence-corrected chi connectivity index (χ2v) is 5.17. The number of anilines is 1. The van der Waals surface area contributed by atoms with Crippen molar-refractivity contribution in [1.82, 2.24) is 15.1 Å². The van der Waals surface area contributed by atoms with Gasteiger partial charge in [0.25, 0.3) is 0 Å². The molecule has 3 heterocycles. The van der Waals surface area contributed by atoms with Crippen LogP contribution in [0.1, 0.15) is 25.0 Å². The molecule has 2 fully saturated rings. The van der Waals surface area contributed by atoms with Crippen LogP contribution in [-0.2, 0) is 6.61 Å². The van der Waals surface area contributed by atoms with E-state index in [1.54, 1.807) is 0 Å². The Morgan fingerprint density at radius 3 is 2.83 bits per heavy atom. The summed E-state index contributed by atoms with van der Waals surface area (Å²) in [4.78, 5) is 4.94. The molecule has 1 aromatic heterocycles. The summed E-state index contributed by atoms with van der Waals surface area (Å²) in [6, 6.07) is 4.52. The van der Waals surface area contributed by atoms with Gasteiger partial charge >= 0.3 is 0 Å². The zero-order valence-corrected chi connectivity index (χ0v) is 10.6. The molecule has 18 heavy (non-hydrogen) atoms. The molecule has 0 radical (unpaired) electrons. The summed E-state index contributed by atoms with van der Waals surface area (Å²) in [6.45, 7) is 4.55. The lowest BCUT2D eigenvalue weighted by Gasteiger charge is -2.26. The zero-order valence-electron chi connectivity index (χ0n) is 10.6. The standard InChI is InChI=1S/C13H20N4O/c18-10-11-4-5-13(15-14-11)17-8-2-7-16-6-1-3-12(16)9-17/h4-5,12,18H,1-3,6-10H2. The van der Waals surface area contributed by atoms with E-state index in [1.165, 1.54) is 32.4 Å². The first-order chi connectivity index (χ1) is 8.86. The fourth-order valence-electron chi connectivity index (χ4n) is 3.02. The van der Waals surface area contributed by atoms with Crippen LogP contribution in [0, 0.1) is 0 Å². The molecule has 0 amide bonds. The van der Waals surface area contributed by atoms with Crippen LogP contribution >= 0.6 is 0 Å². The van der Waals surface area contributed by atoms with E-state index in [-0.39, 0.29) is 6.61 Å². The molecule has 98 valence electrons. The van der Waals surface area contributed by atoms with Crippen molar-refractivity contribution in [3.63, 3.8) is 0 Å². The van der Waals surface area contributed by atoms with Crippen molar-refractivity contribution in [2.75, 3.05) is 31.1 Å². The number of fused-ring (bicyclic) bond motifs is 1. The van der Waals surface area contributed by atoms with Crippen LogP contribution < -0.4 is 4.90 Å². The van der Waals surface area contributed by atoms with Gasteiger partial charge in [-0.05, 0) is 37.9 Å². The van der Waals surface area contributed by atoms with E-state index in [1.807, 2.05) is 12.1 Å². The molecule has 0 bridgehead atoms. The highest BCUT2D eigenvalue weighted by Gasteiger charge is 2.29. The number of rotatable bonds is 2. The van der Waals surface area contributed by atoms with Crippen LogP contribution in [-0.4, -0.2) is 52.4 Å². The van der Waals surface area contributed by atoms with Crippen molar-refractivity contribution in [3.05, 3.63) is 17.8 Å². The Morgan fingerprint density at radius 1 is 1.17 bits per heavy atom. The van der Waals surface area contributed by atoms with Gasteiger partial charge in [-0.25, -0.2) is 0 Å². The summed E-state index contributed by atoms with van der Waals surface area (Å²) in [5, 5.41) is 17.2. The van der Waals surface area contributed by atoms with Crippen molar-refractivity contribution in [1.29, 1.82) is 0 Å². The van der Waals surface area contributed by atoms with Gasteiger partial charge in [-0.15, -0.1) is 5.10 Å². The first kappa shape index (κ1) is 11.9. The van der Waals surface area contributed by atoms with Crippen LogP contribution in [0.25, 0.3) is 0 Å². The number of aliphatic hydroxyl groups excluding tert-OH is 1. The molecule has 3 rings (SSSR count). The predicted molar refractivity (Wildman–Crippen MR) is 69.4 cm³/mol. The quantitative estimate of drug-likeness (QED) is 0.832. The Bertz CT molecular complexity index is 394. The van der Waals surface area contributed by atoms with Crippen LogP contribution in [0.15, 0.2) is 12.1 Å². The molecule has 2 saturated heterocycles. The number of aromatic nitrogens is 2. The highest BCUT2D eigenvalue weighted by Crippen LogP contribution is 2.23. The zero-order chi connectivity index (χ0) is 12.4. The van der Waals surface area contributed by atoms with Crippen LogP contribution in [0.4, 0.5) is 5.82 Å². The Morgan fingerprint density at radius 2 is 2.06 bits per heavy atom.